The summed E-state index contributed by atoms with van der Waals surface area (Å²) in [6.07, 6.45) is 2.73. The molecule has 1 fully saturated rings. The summed E-state index contributed by atoms with van der Waals surface area (Å²) in [5.74, 6) is -0.347. The van der Waals surface area contributed by atoms with Crippen LogP contribution in [0.2, 0.25) is 0 Å². The van der Waals surface area contributed by atoms with E-state index in [1.54, 1.807) is 42.6 Å². The SMILES string of the molecule is COc1c(NC(=O)C(=O)c2ccc(Nc3nccc(N4CCNCC4)n3)c3ccccc23)cc(C(C)(C)C)cc1NS(C)(=O)=O. The molecule has 5 rings (SSSR count). The number of carbonyl (C=O) groups excluding carboxylic acids is 2. The maximum Gasteiger partial charge on any atom is 0.296 e. The van der Waals surface area contributed by atoms with Crippen molar-refractivity contribution in [3.63, 3.8) is 0 Å². The van der Waals surface area contributed by atoms with E-state index in [2.05, 4.69) is 30.6 Å². The summed E-state index contributed by atoms with van der Waals surface area (Å²) in [5.41, 5.74) is 1.51. The van der Waals surface area contributed by atoms with Crippen molar-refractivity contribution in [3.05, 3.63) is 71.9 Å². The van der Waals surface area contributed by atoms with E-state index >= 15 is 0 Å². The van der Waals surface area contributed by atoms with E-state index in [0.717, 1.165) is 43.8 Å². The molecule has 1 aliphatic heterocycles. The standard InChI is InChI=1S/C32H37N7O5S/c1-32(2,3)20-18-25(29(44-4)26(19-20)38-45(5,42)43)35-30(41)28(40)23-10-11-24(22-9-7-6-8-21(22)23)36-31-34-13-12-27(37-31)39-16-14-33-15-17-39/h6-13,18-19,33,38H,14-17H2,1-5H3,(H,35,41)(H,34,36,37). The fraction of sp³-hybridized carbons (Fsp3) is 0.312. The van der Waals surface area contributed by atoms with Crippen molar-refractivity contribution in [2.45, 2.75) is 26.2 Å². The minimum Gasteiger partial charge on any atom is -0.492 e. The Bertz CT molecular complexity index is 1870. The van der Waals surface area contributed by atoms with Gasteiger partial charge in [-0.2, -0.15) is 4.98 Å². The number of ether oxygens (including phenoxy) is 1. The van der Waals surface area contributed by atoms with Crippen LogP contribution in [0.1, 0.15) is 36.7 Å². The van der Waals surface area contributed by atoms with Gasteiger partial charge in [-0.15, -0.1) is 0 Å². The van der Waals surface area contributed by atoms with Gasteiger partial charge >= 0.3 is 0 Å². The van der Waals surface area contributed by atoms with Crippen LogP contribution in [0.3, 0.4) is 0 Å². The first-order valence-corrected chi connectivity index (χ1v) is 16.4. The predicted octanol–water partition coefficient (Wildman–Crippen LogP) is 4.28. The fourth-order valence-electron chi connectivity index (χ4n) is 5.16. The molecule has 0 aliphatic carbocycles. The van der Waals surface area contributed by atoms with Crippen molar-refractivity contribution in [1.29, 1.82) is 0 Å². The normalized spacial score (nSPS) is 13.8. The Morgan fingerprint density at radius 3 is 2.31 bits per heavy atom. The average molecular weight is 632 g/mol. The number of methoxy groups -OCH3 is 1. The maximum absolute atomic E-state index is 13.6. The Kier molecular flexibility index (Phi) is 8.94. The number of rotatable bonds is 9. The van der Waals surface area contributed by atoms with E-state index in [9.17, 15) is 18.0 Å². The quantitative estimate of drug-likeness (QED) is 0.155. The summed E-state index contributed by atoms with van der Waals surface area (Å²) < 4.78 is 32.1. The number of benzene rings is 3. The molecule has 1 amide bonds. The van der Waals surface area contributed by atoms with Crippen LogP contribution in [0.15, 0.2) is 60.8 Å². The average Bonchev–Trinajstić information content (AvgIpc) is 3.00. The van der Waals surface area contributed by atoms with Gasteiger partial charge in [0.1, 0.15) is 5.82 Å². The molecule has 4 aromatic rings. The van der Waals surface area contributed by atoms with Gasteiger partial charge in [-0.3, -0.25) is 14.3 Å². The zero-order chi connectivity index (χ0) is 32.4. The van der Waals surface area contributed by atoms with E-state index < -0.39 is 27.1 Å². The topological polar surface area (TPSA) is 155 Å². The lowest BCUT2D eigenvalue weighted by molar-refractivity contribution is -0.112. The van der Waals surface area contributed by atoms with E-state index in [0.29, 0.717) is 22.4 Å². The molecule has 0 unspecified atom stereocenters. The van der Waals surface area contributed by atoms with E-state index in [-0.39, 0.29) is 22.7 Å². The lowest BCUT2D eigenvalue weighted by Gasteiger charge is -2.28. The molecular formula is C32H37N7O5S. The Morgan fingerprint density at radius 1 is 0.956 bits per heavy atom. The second-order valence-electron chi connectivity index (χ2n) is 11.8. The third-order valence-corrected chi connectivity index (χ3v) is 8.00. The molecule has 1 aliphatic rings. The summed E-state index contributed by atoms with van der Waals surface area (Å²) in [6.45, 7) is 9.31. The number of carbonyl (C=O) groups is 2. The highest BCUT2D eigenvalue weighted by Gasteiger charge is 2.25. The largest absolute Gasteiger partial charge is 0.492 e. The number of nitrogens with one attached hydrogen (secondary N) is 4. The molecule has 0 saturated carbocycles. The summed E-state index contributed by atoms with van der Waals surface area (Å²) in [4.78, 5) is 38.3. The lowest BCUT2D eigenvalue weighted by atomic mass is 9.86. The Balaban J connectivity index is 1.45. The van der Waals surface area contributed by atoms with Crippen molar-refractivity contribution in [1.82, 2.24) is 15.3 Å². The van der Waals surface area contributed by atoms with Crippen molar-refractivity contribution in [3.8, 4) is 5.75 Å². The molecule has 236 valence electrons. The van der Waals surface area contributed by atoms with Gasteiger partial charge in [0.25, 0.3) is 11.7 Å². The monoisotopic (exact) mass is 631 g/mol. The first kappa shape index (κ1) is 31.7. The second-order valence-corrected chi connectivity index (χ2v) is 13.6. The third-order valence-electron chi connectivity index (χ3n) is 7.41. The van der Waals surface area contributed by atoms with E-state index in [1.807, 2.05) is 39.0 Å². The summed E-state index contributed by atoms with van der Waals surface area (Å²) in [5, 5.41) is 10.5. The van der Waals surface area contributed by atoms with Crippen LogP contribution in [0.25, 0.3) is 10.8 Å². The number of piperazine rings is 1. The predicted molar refractivity (Wildman–Crippen MR) is 177 cm³/mol. The van der Waals surface area contributed by atoms with Crippen LogP contribution in [0.5, 0.6) is 5.75 Å². The van der Waals surface area contributed by atoms with Crippen LogP contribution in [-0.4, -0.2) is 69.6 Å². The fourth-order valence-corrected chi connectivity index (χ4v) is 5.71. The van der Waals surface area contributed by atoms with Gasteiger partial charge in [0.2, 0.25) is 16.0 Å². The van der Waals surface area contributed by atoms with Gasteiger partial charge in [-0.25, -0.2) is 13.4 Å². The van der Waals surface area contributed by atoms with Gasteiger partial charge in [0.15, 0.2) is 5.75 Å². The number of amides is 1. The molecule has 1 saturated heterocycles. The summed E-state index contributed by atoms with van der Waals surface area (Å²) >= 11 is 0. The first-order chi connectivity index (χ1) is 21.3. The molecule has 0 spiro atoms. The van der Waals surface area contributed by atoms with E-state index in [1.165, 1.54) is 7.11 Å². The Labute approximate surface area is 262 Å². The molecule has 4 N–H and O–H groups in total. The number of sulfonamides is 1. The van der Waals surface area contributed by atoms with Crippen LogP contribution in [0.4, 0.5) is 28.8 Å². The van der Waals surface area contributed by atoms with Gasteiger partial charge in [0, 0.05) is 49.0 Å². The number of anilines is 5. The van der Waals surface area contributed by atoms with E-state index in [4.69, 9.17) is 9.72 Å². The molecule has 0 radical (unpaired) electrons. The molecular weight excluding hydrogens is 594 g/mol. The molecule has 13 heteroatoms. The minimum atomic E-state index is -3.67. The van der Waals surface area contributed by atoms with Gasteiger partial charge in [-0.1, -0.05) is 45.0 Å². The van der Waals surface area contributed by atoms with Crippen LogP contribution in [-0.2, 0) is 20.2 Å². The van der Waals surface area contributed by atoms with Crippen LogP contribution >= 0.6 is 0 Å². The number of Topliss-reactive ketones (excluding diaryl/α,β-unsaturated/α-hetero) is 1. The first-order valence-electron chi connectivity index (χ1n) is 14.5. The second kappa shape index (κ2) is 12.7. The highest BCUT2D eigenvalue weighted by molar-refractivity contribution is 7.92. The van der Waals surface area contributed by atoms with Crippen molar-refractivity contribution >= 4 is 61.3 Å². The summed E-state index contributed by atoms with van der Waals surface area (Å²) in [7, 11) is -2.30. The maximum atomic E-state index is 13.6. The van der Waals surface area contributed by atoms with Gasteiger partial charge < -0.3 is 25.6 Å². The smallest absolute Gasteiger partial charge is 0.296 e. The molecule has 2 heterocycles. The van der Waals surface area contributed by atoms with Crippen molar-refractivity contribution in [2.75, 3.05) is 59.8 Å². The Hall–Kier alpha value is -4.75. The number of ketones is 1. The van der Waals surface area contributed by atoms with Gasteiger partial charge in [0.05, 0.1) is 24.7 Å². The highest BCUT2D eigenvalue weighted by atomic mass is 32.2. The van der Waals surface area contributed by atoms with Crippen molar-refractivity contribution < 1.29 is 22.7 Å². The number of fused-ring (bicyclic) bond motifs is 1. The Morgan fingerprint density at radius 2 is 1.64 bits per heavy atom. The number of hydrogen-bond donors (Lipinski definition) is 4. The highest BCUT2D eigenvalue weighted by Crippen LogP contribution is 2.39. The molecule has 12 nitrogen and oxygen atoms in total. The van der Waals surface area contributed by atoms with Crippen LogP contribution < -0.4 is 30.3 Å². The molecule has 3 aromatic carbocycles. The molecule has 0 bridgehead atoms. The molecule has 1 aromatic heterocycles. The number of hydrogen-bond acceptors (Lipinski definition) is 10. The molecule has 45 heavy (non-hydrogen) atoms. The minimum absolute atomic E-state index is 0.0852. The molecule has 0 atom stereocenters. The summed E-state index contributed by atoms with van der Waals surface area (Å²) in [6, 6.07) is 15.8. The third kappa shape index (κ3) is 7.32. The van der Waals surface area contributed by atoms with Crippen LogP contribution in [0, 0.1) is 0 Å². The number of aromatic nitrogens is 2. The number of nitrogens with zero attached hydrogens (tertiary/aromatic N) is 3. The lowest BCUT2D eigenvalue weighted by Crippen LogP contribution is -2.43. The zero-order valence-electron chi connectivity index (χ0n) is 25.9. The van der Waals surface area contributed by atoms with Gasteiger partial charge in [-0.05, 0) is 46.7 Å². The zero-order valence-corrected chi connectivity index (χ0v) is 26.7. The van der Waals surface area contributed by atoms with Crippen molar-refractivity contribution in [2.24, 2.45) is 0 Å².